The summed E-state index contributed by atoms with van der Waals surface area (Å²) in [6.07, 6.45) is 4.46. The molecular weight excluding hydrogens is 378 g/mol. The first kappa shape index (κ1) is 23.0. The first-order chi connectivity index (χ1) is 14.3. The summed E-state index contributed by atoms with van der Waals surface area (Å²) in [5.74, 6) is 1.56. The molecule has 3 rings (SSSR count). The van der Waals surface area contributed by atoms with E-state index in [9.17, 15) is 4.79 Å². The van der Waals surface area contributed by atoms with Crippen molar-refractivity contribution in [1.82, 2.24) is 15.1 Å². The number of hydrogen-bond acceptors (Lipinski definition) is 5. The number of morpholine rings is 1. The van der Waals surface area contributed by atoms with Crippen LogP contribution in [0.2, 0.25) is 0 Å². The highest BCUT2D eigenvalue weighted by Crippen LogP contribution is 2.36. The molecule has 2 aliphatic rings. The molecule has 6 heteroatoms. The topological polar surface area (TPSA) is 54.0 Å². The van der Waals surface area contributed by atoms with Crippen LogP contribution in [-0.4, -0.2) is 74.8 Å². The third kappa shape index (κ3) is 5.34. The van der Waals surface area contributed by atoms with E-state index in [0.717, 1.165) is 44.8 Å². The summed E-state index contributed by atoms with van der Waals surface area (Å²) in [5.41, 5.74) is 2.36. The Kier molecular flexibility index (Phi) is 7.77. The fourth-order valence-corrected chi connectivity index (χ4v) is 4.77. The van der Waals surface area contributed by atoms with E-state index in [2.05, 4.69) is 42.3 Å². The second kappa shape index (κ2) is 10.1. The molecule has 1 heterocycles. The van der Waals surface area contributed by atoms with Gasteiger partial charge in [0.1, 0.15) is 5.75 Å². The number of rotatable bonds is 7. The molecule has 1 aromatic carbocycles. The van der Waals surface area contributed by atoms with Crippen LogP contribution in [0.5, 0.6) is 5.75 Å². The Labute approximate surface area is 181 Å². The van der Waals surface area contributed by atoms with Crippen LogP contribution in [0.15, 0.2) is 18.2 Å². The van der Waals surface area contributed by atoms with Gasteiger partial charge in [0, 0.05) is 45.3 Å². The molecule has 1 saturated carbocycles. The average molecular weight is 418 g/mol. The van der Waals surface area contributed by atoms with E-state index in [1.807, 2.05) is 0 Å². The van der Waals surface area contributed by atoms with E-state index >= 15 is 0 Å². The van der Waals surface area contributed by atoms with Crippen LogP contribution in [0, 0.1) is 0 Å². The summed E-state index contributed by atoms with van der Waals surface area (Å²) >= 11 is 0. The lowest BCUT2D eigenvalue weighted by Crippen LogP contribution is -2.63. The molecule has 0 unspecified atom stereocenters. The van der Waals surface area contributed by atoms with Crippen molar-refractivity contribution in [3.05, 3.63) is 29.3 Å². The molecule has 1 amide bonds. The average Bonchev–Trinajstić information content (AvgIpc) is 2.73. The van der Waals surface area contributed by atoms with Gasteiger partial charge in [0.05, 0.1) is 25.9 Å². The number of ether oxygens (including phenoxy) is 2. The molecule has 1 aromatic rings. The van der Waals surface area contributed by atoms with Gasteiger partial charge in [-0.2, -0.15) is 0 Å². The zero-order chi connectivity index (χ0) is 21.7. The molecule has 2 fully saturated rings. The van der Waals surface area contributed by atoms with E-state index < -0.39 is 0 Å². The van der Waals surface area contributed by atoms with Crippen molar-refractivity contribution < 1.29 is 14.3 Å². The maximum Gasteiger partial charge on any atom is 0.236 e. The molecular formula is C24H39N3O3. The first-order valence-electron chi connectivity index (χ1n) is 11.3. The molecule has 0 aromatic heterocycles. The number of carbonyl (C=O) groups is 1. The summed E-state index contributed by atoms with van der Waals surface area (Å²) in [7, 11) is 5.36. The smallest absolute Gasteiger partial charge is 0.236 e. The zero-order valence-corrected chi connectivity index (χ0v) is 19.4. The van der Waals surface area contributed by atoms with Crippen molar-refractivity contribution in [3.8, 4) is 5.75 Å². The van der Waals surface area contributed by atoms with Gasteiger partial charge in [-0.25, -0.2) is 0 Å². The maximum atomic E-state index is 12.1. The molecule has 0 radical (unpaired) electrons. The highest BCUT2D eigenvalue weighted by molar-refractivity contribution is 5.77. The molecule has 1 saturated heterocycles. The van der Waals surface area contributed by atoms with Gasteiger partial charge in [-0.15, -0.1) is 0 Å². The lowest BCUT2D eigenvalue weighted by atomic mass is 9.78. The lowest BCUT2D eigenvalue weighted by Gasteiger charge is -2.50. The zero-order valence-electron chi connectivity index (χ0n) is 19.4. The van der Waals surface area contributed by atoms with Crippen LogP contribution < -0.4 is 10.1 Å². The van der Waals surface area contributed by atoms with Crippen molar-refractivity contribution in [2.75, 3.05) is 47.4 Å². The number of likely N-dealkylation sites (N-methyl/N-ethyl adjacent to an activating group) is 1. The number of hydrogen-bond donors (Lipinski definition) is 1. The van der Waals surface area contributed by atoms with Crippen LogP contribution in [0.3, 0.4) is 0 Å². The number of carbonyl (C=O) groups excluding carboxylic acids is 1. The SMILES string of the molecule is COc1ccc(C(C)C)cc1CN1CCO[C@]2(CCCC[C@H]2NCC(=O)N(C)C)C1. The highest BCUT2D eigenvalue weighted by atomic mass is 16.5. The Morgan fingerprint density at radius 2 is 2.17 bits per heavy atom. The number of amides is 1. The predicted octanol–water partition coefficient (Wildman–Crippen LogP) is 3.01. The van der Waals surface area contributed by atoms with Gasteiger partial charge in [-0.3, -0.25) is 9.69 Å². The van der Waals surface area contributed by atoms with Crippen LogP contribution in [-0.2, 0) is 16.1 Å². The Balaban J connectivity index is 1.73. The van der Waals surface area contributed by atoms with Crippen molar-refractivity contribution >= 4 is 5.91 Å². The van der Waals surface area contributed by atoms with E-state index in [4.69, 9.17) is 9.47 Å². The van der Waals surface area contributed by atoms with Crippen molar-refractivity contribution in [2.24, 2.45) is 0 Å². The summed E-state index contributed by atoms with van der Waals surface area (Å²) in [5, 5.41) is 3.53. The Hall–Kier alpha value is -1.63. The van der Waals surface area contributed by atoms with Crippen molar-refractivity contribution in [3.63, 3.8) is 0 Å². The summed E-state index contributed by atoms with van der Waals surface area (Å²) in [6, 6.07) is 6.76. The standard InChI is InChI=1S/C24H39N3O3/c1-18(2)19-9-10-21(29-5)20(14-19)16-27-12-13-30-24(17-27)11-7-6-8-22(24)25-15-23(28)26(3)4/h9-10,14,18,22,25H,6-8,11-13,15-17H2,1-5H3/t22-,24-/m1/s1. The van der Waals surface area contributed by atoms with E-state index in [0.29, 0.717) is 12.5 Å². The van der Waals surface area contributed by atoms with Crippen molar-refractivity contribution in [1.29, 1.82) is 0 Å². The minimum absolute atomic E-state index is 0.110. The minimum Gasteiger partial charge on any atom is -0.496 e. The van der Waals surface area contributed by atoms with Gasteiger partial charge in [0.2, 0.25) is 5.91 Å². The Morgan fingerprint density at radius 1 is 1.37 bits per heavy atom. The number of nitrogens with one attached hydrogen (secondary N) is 1. The van der Waals surface area contributed by atoms with Crippen LogP contribution in [0.4, 0.5) is 0 Å². The number of nitrogens with zero attached hydrogens (tertiary/aromatic N) is 2. The van der Waals surface area contributed by atoms with Gasteiger partial charge in [0.15, 0.2) is 0 Å². The fraction of sp³-hybridized carbons (Fsp3) is 0.708. The minimum atomic E-state index is -0.216. The molecule has 6 nitrogen and oxygen atoms in total. The van der Waals surface area contributed by atoms with E-state index in [1.165, 1.54) is 24.0 Å². The summed E-state index contributed by atoms with van der Waals surface area (Å²) in [4.78, 5) is 16.3. The molecule has 0 bridgehead atoms. The monoisotopic (exact) mass is 417 g/mol. The second-order valence-electron chi connectivity index (χ2n) is 9.32. The third-order valence-electron chi connectivity index (χ3n) is 6.63. The van der Waals surface area contributed by atoms with Gasteiger partial charge in [-0.1, -0.05) is 38.8 Å². The van der Waals surface area contributed by atoms with E-state index in [1.54, 1.807) is 26.1 Å². The van der Waals surface area contributed by atoms with Crippen molar-refractivity contribution in [2.45, 2.75) is 63.6 Å². The normalized spacial score (nSPS) is 24.9. The largest absolute Gasteiger partial charge is 0.496 e. The van der Waals surface area contributed by atoms with Crippen LogP contribution in [0.25, 0.3) is 0 Å². The van der Waals surface area contributed by atoms with E-state index in [-0.39, 0.29) is 17.6 Å². The summed E-state index contributed by atoms with van der Waals surface area (Å²) in [6.45, 7) is 8.21. The Morgan fingerprint density at radius 3 is 2.87 bits per heavy atom. The molecule has 1 N–H and O–H groups in total. The van der Waals surface area contributed by atoms with Gasteiger partial charge in [-0.05, 0) is 30.4 Å². The number of benzene rings is 1. The first-order valence-corrected chi connectivity index (χ1v) is 11.3. The summed E-state index contributed by atoms with van der Waals surface area (Å²) < 4.78 is 12.1. The molecule has 1 spiro atoms. The highest BCUT2D eigenvalue weighted by Gasteiger charge is 2.45. The molecule has 168 valence electrons. The van der Waals surface area contributed by atoms with Gasteiger partial charge >= 0.3 is 0 Å². The molecule has 30 heavy (non-hydrogen) atoms. The quantitative estimate of drug-likeness (QED) is 0.739. The molecule has 2 atom stereocenters. The van der Waals surface area contributed by atoms with Gasteiger partial charge < -0.3 is 19.7 Å². The molecule has 1 aliphatic heterocycles. The van der Waals surface area contributed by atoms with Crippen LogP contribution >= 0.6 is 0 Å². The van der Waals surface area contributed by atoms with Crippen LogP contribution in [0.1, 0.15) is 56.6 Å². The second-order valence-corrected chi connectivity index (χ2v) is 9.32. The predicted molar refractivity (Wildman–Crippen MR) is 120 cm³/mol. The Bertz CT molecular complexity index is 718. The maximum absolute atomic E-state index is 12.1. The lowest BCUT2D eigenvalue weighted by molar-refractivity contribution is -0.147. The third-order valence-corrected chi connectivity index (χ3v) is 6.63. The van der Waals surface area contributed by atoms with Gasteiger partial charge in [0.25, 0.3) is 0 Å². The number of methoxy groups -OCH3 is 1. The fourth-order valence-electron chi connectivity index (χ4n) is 4.77. The molecule has 1 aliphatic carbocycles.